The molecule has 0 radical (unpaired) electrons. The fourth-order valence-corrected chi connectivity index (χ4v) is 1.17. The van der Waals surface area contributed by atoms with Crippen LogP contribution in [0.15, 0.2) is 0 Å². The van der Waals surface area contributed by atoms with Crippen LogP contribution in [0.5, 0.6) is 0 Å². The predicted octanol–water partition coefficient (Wildman–Crippen LogP) is -2.07. The summed E-state index contributed by atoms with van der Waals surface area (Å²) < 4.78 is 5.24. The number of piperazine rings is 1. The van der Waals surface area contributed by atoms with Gasteiger partial charge >= 0.3 is 35.7 Å². The molecule has 0 atom stereocenters. The van der Waals surface area contributed by atoms with Gasteiger partial charge in [0, 0.05) is 26.2 Å². The van der Waals surface area contributed by atoms with Gasteiger partial charge in [0.1, 0.15) is 5.60 Å². The van der Waals surface area contributed by atoms with Crippen LogP contribution in [0.2, 0.25) is 0 Å². The number of thiol groups is 2. The Hall–Kier alpha value is -0.130. The Morgan fingerprint density at radius 2 is 1.41 bits per heavy atom. The Bertz CT molecular complexity index is 333. The molecule has 3 amide bonds. The first-order valence-corrected chi connectivity index (χ1v) is 7.00. The van der Waals surface area contributed by atoms with E-state index in [2.05, 4.69) is 42.0 Å². The van der Waals surface area contributed by atoms with Crippen molar-refractivity contribution in [2.75, 3.05) is 26.2 Å². The van der Waals surface area contributed by atoms with Crippen LogP contribution in [-0.4, -0.2) is 53.3 Å². The van der Waals surface area contributed by atoms with Crippen molar-refractivity contribution in [1.29, 1.82) is 0 Å². The van der Waals surface area contributed by atoms with Gasteiger partial charge in [-0.05, 0) is 20.8 Å². The fraction of sp³-hybridized carbons (Fsp3) is 0.727. The summed E-state index contributed by atoms with van der Waals surface area (Å²) >= 11 is 6.21. The Morgan fingerprint density at radius 1 is 1.09 bits per heavy atom. The number of amides is 3. The zero-order valence-electron chi connectivity index (χ0n) is 14.5. The van der Waals surface area contributed by atoms with Gasteiger partial charge in [-0.1, -0.05) is 25.3 Å². The molecule has 0 spiro atoms. The van der Waals surface area contributed by atoms with E-state index < -0.39 is 10.5 Å². The first kappa shape index (κ1) is 26.8. The van der Waals surface area contributed by atoms with E-state index in [1.54, 1.807) is 4.90 Å². The second kappa shape index (κ2) is 14.5. The number of carbonyl (C=O) groups excluding carboxylic acids is 3. The van der Waals surface area contributed by atoms with Crippen LogP contribution in [0.1, 0.15) is 22.2 Å². The Labute approximate surface area is 165 Å². The topological polar surface area (TPSA) is 128 Å². The number of hydrogen-bond donors (Lipinski definition) is 5. The van der Waals surface area contributed by atoms with Crippen LogP contribution in [-0.2, 0) is 4.74 Å². The molecule has 11 heteroatoms. The second-order valence-corrected chi connectivity index (χ2v) is 5.78. The molecule has 1 heterocycles. The minimum atomic E-state index is -0.639. The molecule has 0 saturated carbocycles. The number of primary amides is 2. The van der Waals surface area contributed by atoms with Crippen LogP contribution >= 0.6 is 25.3 Å². The molecule has 0 aromatic rings. The van der Waals surface area contributed by atoms with Crippen LogP contribution in [0.3, 0.4) is 0 Å². The van der Waals surface area contributed by atoms with Crippen LogP contribution in [0, 0.1) is 0 Å². The zero-order chi connectivity index (χ0) is 17.1. The Kier molecular flexibility index (Phi) is 17.6. The summed E-state index contributed by atoms with van der Waals surface area (Å²) in [5.41, 5.74) is 8.29. The van der Waals surface area contributed by atoms with Crippen LogP contribution < -0.4 is 46.3 Å². The average Bonchev–Trinajstić information content (AvgIpc) is 2.26. The quantitative estimate of drug-likeness (QED) is 0.249. The van der Waals surface area contributed by atoms with E-state index in [4.69, 9.17) is 14.3 Å². The number of nitrogens with two attached hydrogens (primary N) is 2. The maximum absolute atomic E-state index is 11.5. The third-order valence-corrected chi connectivity index (χ3v) is 1.77. The van der Waals surface area contributed by atoms with Gasteiger partial charge in [0.05, 0.1) is 0 Å². The number of nitrogens with one attached hydrogen (secondary N) is 1. The minimum absolute atomic E-state index is 0. The monoisotopic (exact) mass is 364 g/mol. The Balaban J connectivity index is -0.000000153. The van der Waals surface area contributed by atoms with Crippen molar-refractivity contribution >= 4 is 41.8 Å². The summed E-state index contributed by atoms with van der Waals surface area (Å²) in [5, 5.41) is 1.91. The van der Waals surface area contributed by atoms with Gasteiger partial charge in [-0.15, -0.1) is 0 Å². The molecule has 5 N–H and O–H groups in total. The van der Waals surface area contributed by atoms with Crippen molar-refractivity contribution < 1.29 is 50.1 Å². The maximum Gasteiger partial charge on any atom is 1.00 e. The molecule has 8 nitrogen and oxygen atoms in total. The summed E-state index contributed by atoms with van der Waals surface area (Å²) in [6.07, 6.45) is -0.200. The van der Waals surface area contributed by atoms with Gasteiger partial charge < -0.3 is 27.8 Å². The normalized spacial score (nSPS) is 13.2. The molecule has 1 aliphatic rings. The first-order valence-electron chi connectivity index (χ1n) is 6.11. The van der Waals surface area contributed by atoms with Gasteiger partial charge in [-0.25, -0.2) is 4.79 Å². The molecule has 1 aliphatic heterocycles. The molecule has 1 fully saturated rings. The number of nitrogens with zero attached hydrogens (tertiary/aromatic N) is 1. The van der Waals surface area contributed by atoms with Crippen LogP contribution in [0.4, 0.5) is 14.4 Å². The fourth-order valence-electron chi connectivity index (χ4n) is 1.17. The molecule has 0 aliphatic carbocycles. The van der Waals surface area contributed by atoms with Gasteiger partial charge in [-0.2, -0.15) is 0 Å². The predicted molar refractivity (Wildman–Crippen MR) is 88.9 cm³/mol. The molecule has 0 aromatic carbocycles. The summed E-state index contributed by atoms with van der Waals surface area (Å²) in [7, 11) is 0. The average molecular weight is 364 g/mol. The third kappa shape index (κ3) is 24.9. The van der Waals surface area contributed by atoms with E-state index >= 15 is 0 Å². The summed E-state index contributed by atoms with van der Waals surface area (Å²) in [5.74, 6) is 0. The van der Waals surface area contributed by atoms with E-state index in [0.717, 1.165) is 26.2 Å². The van der Waals surface area contributed by atoms with Gasteiger partial charge in [0.15, 0.2) is 0 Å². The largest absolute Gasteiger partial charge is 1.00 e. The molecular weight excluding hydrogens is 339 g/mol. The SMILES string of the molecule is CC(C)(C)OC(=O)N1CCNCC1.NC(=O)S.NC(=O)S.[H-].[Na+]. The van der Waals surface area contributed by atoms with Crippen molar-refractivity contribution in [2.24, 2.45) is 11.5 Å². The molecule has 1 rings (SSSR count). The van der Waals surface area contributed by atoms with Gasteiger partial charge in [-0.3, -0.25) is 9.59 Å². The third-order valence-electron chi connectivity index (χ3n) is 1.77. The first-order chi connectivity index (χ1) is 9.45. The van der Waals surface area contributed by atoms with Crippen molar-refractivity contribution in [3.8, 4) is 0 Å². The van der Waals surface area contributed by atoms with E-state index in [-0.39, 0.29) is 42.7 Å². The van der Waals surface area contributed by atoms with Crippen LogP contribution in [0.25, 0.3) is 0 Å². The van der Waals surface area contributed by atoms with Crippen molar-refractivity contribution in [3.63, 3.8) is 0 Å². The van der Waals surface area contributed by atoms with E-state index in [1.807, 2.05) is 20.8 Å². The summed E-state index contributed by atoms with van der Waals surface area (Å²) in [4.78, 5) is 31.4. The van der Waals surface area contributed by atoms with E-state index in [9.17, 15) is 4.79 Å². The van der Waals surface area contributed by atoms with Crippen molar-refractivity contribution in [3.05, 3.63) is 0 Å². The summed E-state index contributed by atoms with van der Waals surface area (Å²) in [6.45, 7) is 8.86. The molecule has 1 saturated heterocycles. The zero-order valence-corrected chi connectivity index (χ0v) is 17.2. The smallest absolute Gasteiger partial charge is 1.00 e. The molecular formula is C11H25N4NaO4S2. The minimum Gasteiger partial charge on any atom is -1.00 e. The molecule has 126 valence electrons. The molecule has 22 heavy (non-hydrogen) atoms. The number of hydrogen-bond acceptors (Lipinski definition) is 5. The van der Waals surface area contributed by atoms with Gasteiger partial charge in [0.25, 0.3) is 10.5 Å². The van der Waals surface area contributed by atoms with Crippen molar-refractivity contribution in [2.45, 2.75) is 26.4 Å². The molecule has 0 aromatic heterocycles. The maximum atomic E-state index is 11.5. The van der Waals surface area contributed by atoms with E-state index in [0.29, 0.717) is 0 Å². The van der Waals surface area contributed by atoms with E-state index in [1.165, 1.54) is 0 Å². The van der Waals surface area contributed by atoms with Gasteiger partial charge in [0.2, 0.25) is 0 Å². The molecule has 0 bridgehead atoms. The standard InChI is InChI=1S/C9H18N2O2.2CH3NOS.Na.H/c1-9(2,3)13-8(12)11-6-4-10-5-7-11;2*2-1(3)4;;/h10H,4-7H2,1-3H3;2*(H3,2,3,4);;/q;;;+1;-1. The molecule has 0 unspecified atom stereocenters. The van der Waals surface area contributed by atoms with Crippen molar-refractivity contribution in [1.82, 2.24) is 10.2 Å². The second-order valence-electron chi connectivity index (χ2n) is 4.89. The number of carbonyl (C=O) groups is 3. The summed E-state index contributed by atoms with van der Waals surface area (Å²) in [6, 6.07) is 0. The number of rotatable bonds is 0. The Morgan fingerprint density at radius 3 is 1.68 bits per heavy atom. The number of ether oxygens (including phenoxy) is 1.